The summed E-state index contributed by atoms with van der Waals surface area (Å²) in [5.41, 5.74) is 4.35. The Morgan fingerprint density at radius 1 is 1.43 bits per heavy atom. The summed E-state index contributed by atoms with van der Waals surface area (Å²) in [7, 11) is 1.92. The third-order valence-electron chi connectivity index (χ3n) is 4.53. The maximum Gasteiger partial charge on any atom is 0.271 e. The minimum Gasteiger partial charge on any atom is -0.337 e. The van der Waals surface area contributed by atoms with Gasteiger partial charge in [-0.05, 0) is 45.1 Å². The van der Waals surface area contributed by atoms with Crippen molar-refractivity contribution >= 4 is 5.91 Å². The maximum atomic E-state index is 12.8. The molecule has 6 heteroatoms. The SMILES string of the molecule is CCCN(CC1CC1)C(=O)c1cc(-c2c(C)nn(C)c2C)n[nH]1. The molecule has 0 radical (unpaired) electrons. The van der Waals surface area contributed by atoms with E-state index >= 15 is 0 Å². The molecule has 0 aromatic carbocycles. The van der Waals surface area contributed by atoms with Crippen LogP contribution in [0.5, 0.6) is 0 Å². The highest BCUT2D eigenvalue weighted by Crippen LogP contribution is 2.30. The molecule has 2 aromatic heterocycles. The molecule has 1 saturated carbocycles. The van der Waals surface area contributed by atoms with E-state index in [4.69, 9.17) is 0 Å². The Hall–Kier alpha value is -2.11. The average Bonchev–Trinajstić information content (AvgIpc) is 3.13. The summed E-state index contributed by atoms with van der Waals surface area (Å²) >= 11 is 0. The van der Waals surface area contributed by atoms with Gasteiger partial charge in [-0.3, -0.25) is 14.6 Å². The second-order valence-electron chi connectivity index (χ2n) is 6.53. The van der Waals surface area contributed by atoms with E-state index in [9.17, 15) is 4.79 Å². The van der Waals surface area contributed by atoms with E-state index in [0.717, 1.165) is 42.2 Å². The molecular formula is C17H25N5O. The van der Waals surface area contributed by atoms with Crippen molar-refractivity contribution in [1.29, 1.82) is 0 Å². The summed E-state index contributed by atoms with van der Waals surface area (Å²) in [5, 5.41) is 11.7. The van der Waals surface area contributed by atoms with E-state index in [2.05, 4.69) is 22.2 Å². The van der Waals surface area contributed by atoms with Crippen LogP contribution in [0.3, 0.4) is 0 Å². The van der Waals surface area contributed by atoms with Gasteiger partial charge in [-0.15, -0.1) is 0 Å². The number of carbonyl (C=O) groups is 1. The van der Waals surface area contributed by atoms with Crippen LogP contribution in [0, 0.1) is 19.8 Å². The number of amides is 1. The lowest BCUT2D eigenvalue weighted by atomic mass is 10.1. The molecule has 6 nitrogen and oxygen atoms in total. The zero-order valence-corrected chi connectivity index (χ0v) is 14.4. The topological polar surface area (TPSA) is 66.8 Å². The first kappa shape index (κ1) is 15.8. The average molecular weight is 315 g/mol. The molecular weight excluding hydrogens is 290 g/mol. The van der Waals surface area contributed by atoms with Gasteiger partial charge in [0.2, 0.25) is 0 Å². The Kier molecular flexibility index (Phi) is 4.24. The van der Waals surface area contributed by atoms with Gasteiger partial charge in [-0.1, -0.05) is 6.92 Å². The Morgan fingerprint density at radius 2 is 2.17 bits per heavy atom. The molecule has 0 unspecified atom stereocenters. The fourth-order valence-electron chi connectivity index (χ4n) is 3.03. The molecule has 0 bridgehead atoms. The highest BCUT2D eigenvalue weighted by molar-refractivity contribution is 5.93. The van der Waals surface area contributed by atoms with E-state index in [0.29, 0.717) is 11.6 Å². The molecule has 1 fully saturated rings. The van der Waals surface area contributed by atoms with Crippen LogP contribution in [0.4, 0.5) is 0 Å². The Labute approximate surface area is 136 Å². The molecule has 2 heterocycles. The molecule has 23 heavy (non-hydrogen) atoms. The number of hydrogen-bond acceptors (Lipinski definition) is 3. The number of aryl methyl sites for hydroxylation is 2. The lowest BCUT2D eigenvalue weighted by Crippen LogP contribution is -2.33. The number of hydrogen-bond donors (Lipinski definition) is 1. The summed E-state index contributed by atoms with van der Waals surface area (Å²) in [6, 6.07) is 1.86. The summed E-state index contributed by atoms with van der Waals surface area (Å²) in [5.74, 6) is 0.743. The molecule has 0 spiro atoms. The van der Waals surface area contributed by atoms with Crippen molar-refractivity contribution < 1.29 is 4.79 Å². The van der Waals surface area contributed by atoms with Gasteiger partial charge in [0.05, 0.1) is 11.4 Å². The predicted molar refractivity (Wildman–Crippen MR) is 89.2 cm³/mol. The van der Waals surface area contributed by atoms with E-state index in [1.54, 1.807) is 0 Å². The smallest absolute Gasteiger partial charge is 0.271 e. The zero-order chi connectivity index (χ0) is 16.6. The number of nitrogens with zero attached hydrogens (tertiary/aromatic N) is 4. The van der Waals surface area contributed by atoms with Gasteiger partial charge >= 0.3 is 0 Å². The number of nitrogens with one attached hydrogen (secondary N) is 1. The van der Waals surface area contributed by atoms with Gasteiger partial charge in [0.25, 0.3) is 5.91 Å². The molecule has 1 amide bonds. The van der Waals surface area contributed by atoms with E-state index in [-0.39, 0.29) is 5.91 Å². The Morgan fingerprint density at radius 3 is 2.74 bits per heavy atom. The largest absolute Gasteiger partial charge is 0.337 e. The lowest BCUT2D eigenvalue weighted by Gasteiger charge is -2.21. The van der Waals surface area contributed by atoms with Gasteiger partial charge in [0.1, 0.15) is 5.69 Å². The highest BCUT2D eigenvalue weighted by Gasteiger charge is 2.28. The first-order valence-electron chi connectivity index (χ1n) is 8.36. The highest BCUT2D eigenvalue weighted by atomic mass is 16.2. The quantitative estimate of drug-likeness (QED) is 0.891. The second kappa shape index (κ2) is 6.18. The Balaban J connectivity index is 1.83. The van der Waals surface area contributed by atoms with Crippen molar-refractivity contribution in [1.82, 2.24) is 24.9 Å². The summed E-state index contributed by atoms with van der Waals surface area (Å²) in [4.78, 5) is 14.7. The van der Waals surface area contributed by atoms with Crippen LogP contribution in [0.25, 0.3) is 11.3 Å². The summed E-state index contributed by atoms with van der Waals surface area (Å²) < 4.78 is 1.84. The van der Waals surface area contributed by atoms with Crippen LogP contribution in [-0.2, 0) is 7.05 Å². The molecule has 0 atom stereocenters. The Bertz CT molecular complexity index is 711. The molecule has 0 saturated heterocycles. The maximum absolute atomic E-state index is 12.8. The molecule has 2 aromatic rings. The molecule has 1 aliphatic carbocycles. The molecule has 1 N–H and O–H groups in total. The van der Waals surface area contributed by atoms with E-state index in [1.807, 2.05) is 36.5 Å². The number of rotatable bonds is 6. The first-order chi connectivity index (χ1) is 11.0. The predicted octanol–water partition coefficient (Wildman–Crippen LogP) is 2.69. The van der Waals surface area contributed by atoms with Crippen molar-refractivity contribution in [3.63, 3.8) is 0 Å². The molecule has 124 valence electrons. The third-order valence-corrected chi connectivity index (χ3v) is 4.53. The van der Waals surface area contributed by atoms with Gasteiger partial charge in [-0.25, -0.2) is 0 Å². The first-order valence-corrected chi connectivity index (χ1v) is 8.36. The normalized spacial score (nSPS) is 14.3. The standard InChI is InChI=1S/C17H25N5O/c1-5-8-22(10-13-6-7-13)17(23)15-9-14(18-19-15)16-11(2)20-21(4)12(16)3/h9,13H,5-8,10H2,1-4H3,(H,18,19). The summed E-state index contributed by atoms with van der Waals surface area (Å²) in [6.07, 6.45) is 3.46. The van der Waals surface area contributed by atoms with Crippen molar-refractivity contribution in [2.24, 2.45) is 13.0 Å². The summed E-state index contributed by atoms with van der Waals surface area (Å²) in [6.45, 7) is 7.76. The van der Waals surface area contributed by atoms with E-state index < -0.39 is 0 Å². The second-order valence-corrected chi connectivity index (χ2v) is 6.53. The third kappa shape index (κ3) is 3.16. The van der Waals surface area contributed by atoms with Crippen molar-refractivity contribution in [3.05, 3.63) is 23.1 Å². The minimum absolute atomic E-state index is 0.0525. The number of H-pyrrole nitrogens is 1. The van der Waals surface area contributed by atoms with Gasteiger partial charge in [-0.2, -0.15) is 10.2 Å². The molecule has 3 rings (SSSR count). The van der Waals surface area contributed by atoms with E-state index in [1.165, 1.54) is 12.8 Å². The minimum atomic E-state index is 0.0525. The van der Waals surface area contributed by atoms with Crippen molar-refractivity contribution in [3.8, 4) is 11.3 Å². The zero-order valence-electron chi connectivity index (χ0n) is 14.4. The van der Waals surface area contributed by atoms with Crippen LogP contribution < -0.4 is 0 Å². The van der Waals surface area contributed by atoms with Crippen LogP contribution in [0.2, 0.25) is 0 Å². The van der Waals surface area contributed by atoms with Crippen LogP contribution in [-0.4, -0.2) is 43.9 Å². The lowest BCUT2D eigenvalue weighted by molar-refractivity contribution is 0.0742. The fraction of sp³-hybridized carbons (Fsp3) is 0.588. The monoisotopic (exact) mass is 315 g/mol. The van der Waals surface area contributed by atoms with Crippen LogP contribution in [0.15, 0.2) is 6.07 Å². The molecule has 0 aliphatic heterocycles. The van der Waals surface area contributed by atoms with Gasteiger partial charge in [0, 0.05) is 31.4 Å². The van der Waals surface area contributed by atoms with Crippen molar-refractivity contribution in [2.45, 2.75) is 40.0 Å². The number of carbonyl (C=O) groups excluding carboxylic acids is 1. The van der Waals surface area contributed by atoms with Gasteiger partial charge < -0.3 is 4.90 Å². The fourth-order valence-corrected chi connectivity index (χ4v) is 3.03. The molecule has 1 aliphatic rings. The number of aromatic amines is 1. The van der Waals surface area contributed by atoms with Crippen LogP contribution in [0.1, 0.15) is 48.1 Å². The van der Waals surface area contributed by atoms with Crippen LogP contribution >= 0.6 is 0 Å². The number of aromatic nitrogens is 4. The van der Waals surface area contributed by atoms with Gasteiger partial charge in [0.15, 0.2) is 0 Å². The van der Waals surface area contributed by atoms with Crippen molar-refractivity contribution in [2.75, 3.05) is 13.1 Å².